The second-order valence-corrected chi connectivity index (χ2v) is 2.77. The first-order chi connectivity index (χ1) is 6.33. The highest BCUT2D eigenvalue weighted by molar-refractivity contribution is 5.61. The van der Waals surface area contributed by atoms with Gasteiger partial charge in [0.2, 0.25) is 0 Å². The van der Waals surface area contributed by atoms with Crippen LogP contribution in [0.15, 0.2) is 35.5 Å². The number of benzene rings is 1. The average Bonchev–Trinajstić information content (AvgIpc) is 2.17. The van der Waals surface area contributed by atoms with E-state index in [1.807, 2.05) is 37.3 Å². The lowest BCUT2D eigenvalue weighted by Gasteiger charge is -2.06. The lowest BCUT2D eigenvalue weighted by molar-refractivity contribution is 0.0970. The van der Waals surface area contributed by atoms with E-state index in [9.17, 15) is 0 Å². The van der Waals surface area contributed by atoms with Gasteiger partial charge in [-0.05, 0) is 12.5 Å². The summed E-state index contributed by atoms with van der Waals surface area (Å²) in [4.78, 5) is 0. The summed E-state index contributed by atoms with van der Waals surface area (Å²) < 4.78 is 5.36. The summed E-state index contributed by atoms with van der Waals surface area (Å²) in [7, 11) is 0. The molecule has 0 fully saturated rings. The van der Waals surface area contributed by atoms with E-state index in [4.69, 9.17) is 9.94 Å². The molecule has 0 aromatic heterocycles. The minimum absolute atomic E-state index is 0.162. The molecule has 70 valence electrons. The summed E-state index contributed by atoms with van der Waals surface area (Å²) in [6.45, 7) is 2.36. The first-order valence-electron chi connectivity index (χ1n) is 4.16. The summed E-state index contributed by atoms with van der Waals surface area (Å²) in [5.74, 6) is 0. The molecule has 13 heavy (non-hydrogen) atoms. The molecule has 1 aromatic carbocycles. The van der Waals surface area contributed by atoms with Crippen LogP contribution in [0.5, 0.6) is 0 Å². The second-order valence-electron chi connectivity index (χ2n) is 2.77. The first-order valence-corrected chi connectivity index (χ1v) is 4.16. The minimum atomic E-state index is -0.162. The third-order valence-corrected chi connectivity index (χ3v) is 1.63. The van der Waals surface area contributed by atoms with Crippen LogP contribution >= 0.6 is 0 Å². The first kappa shape index (κ1) is 9.74. The Bertz CT molecular complexity index is 259. The van der Waals surface area contributed by atoms with Gasteiger partial charge in [-0.15, -0.1) is 0 Å². The number of hydrogen-bond donors (Lipinski definition) is 1. The minimum Gasteiger partial charge on any atom is -0.411 e. The maximum atomic E-state index is 8.22. The van der Waals surface area contributed by atoms with Crippen LogP contribution in [0.4, 0.5) is 0 Å². The van der Waals surface area contributed by atoms with Crippen LogP contribution in [0, 0.1) is 0 Å². The van der Waals surface area contributed by atoms with E-state index >= 15 is 0 Å². The zero-order chi connectivity index (χ0) is 9.52. The fourth-order valence-corrected chi connectivity index (χ4v) is 0.939. The SMILES string of the molecule is C[C@H](/C=N/O)OCc1ccccc1. The van der Waals surface area contributed by atoms with Crippen LogP contribution in [0.2, 0.25) is 0 Å². The van der Waals surface area contributed by atoms with Gasteiger partial charge in [-0.25, -0.2) is 0 Å². The number of rotatable bonds is 4. The largest absolute Gasteiger partial charge is 0.411 e. The van der Waals surface area contributed by atoms with Crippen molar-refractivity contribution in [1.29, 1.82) is 0 Å². The monoisotopic (exact) mass is 179 g/mol. The molecule has 1 rings (SSSR count). The van der Waals surface area contributed by atoms with Crippen LogP contribution in [0.25, 0.3) is 0 Å². The molecule has 0 aliphatic carbocycles. The van der Waals surface area contributed by atoms with Gasteiger partial charge in [0.05, 0.1) is 18.9 Å². The van der Waals surface area contributed by atoms with Gasteiger partial charge < -0.3 is 9.94 Å². The van der Waals surface area contributed by atoms with Crippen molar-refractivity contribution in [3.63, 3.8) is 0 Å². The molecule has 0 saturated heterocycles. The zero-order valence-corrected chi connectivity index (χ0v) is 7.55. The Balaban J connectivity index is 2.35. The van der Waals surface area contributed by atoms with Crippen molar-refractivity contribution in [1.82, 2.24) is 0 Å². The average molecular weight is 179 g/mol. The molecule has 1 aromatic rings. The van der Waals surface area contributed by atoms with E-state index in [-0.39, 0.29) is 6.10 Å². The molecular formula is C10H13NO2. The van der Waals surface area contributed by atoms with Gasteiger partial charge in [0, 0.05) is 0 Å². The number of hydrogen-bond acceptors (Lipinski definition) is 3. The van der Waals surface area contributed by atoms with Crippen molar-refractivity contribution in [2.75, 3.05) is 0 Å². The molecule has 3 heteroatoms. The van der Waals surface area contributed by atoms with Gasteiger partial charge >= 0.3 is 0 Å². The van der Waals surface area contributed by atoms with E-state index < -0.39 is 0 Å². The molecule has 0 aliphatic heterocycles. The third kappa shape index (κ3) is 3.71. The molecule has 3 nitrogen and oxygen atoms in total. The summed E-state index contributed by atoms with van der Waals surface area (Å²) >= 11 is 0. The van der Waals surface area contributed by atoms with Crippen LogP contribution in [-0.4, -0.2) is 17.5 Å². The lowest BCUT2D eigenvalue weighted by Crippen LogP contribution is -2.09. The summed E-state index contributed by atoms with van der Waals surface area (Å²) in [6, 6.07) is 9.86. The third-order valence-electron chi connectivity index (χ3n) is 1.63. The fraction of sp³-hybridized carbons (Fsp3) is 0.300. The Kier molecular flexibility index (Phi) is 3.99. The molecule has 0 radical (unpaired) electrons. The molecule has 0 unspecified atom stereocenters. The summed E-state index contributed by atoms with van der Waals surface area (Å²) in [6.07, 6.45) is 1.19. The zero-order valence-electron chi connectivity index (χ0n) is 7.55. The molecule has 0 saturated carbocycles. The van der Waals surface area contributed by atoms with Crippen molar-refractivity contribution in [2.24, 2.45) is 5.16 Å². The van der Waals surface area contributed by atoms with Crippen LogP contribution in [0.3, 0.4) is 0 Å². The van der Waals surface area contributed by atoms with Crippen molar-refractivity contribution in [2.45, 2.75) is 19.6 Å². The molecular weight excluding hydrogens is 166 g/mol. The Morgan fingerprint density at radius 2 is 2.15 bits per heavy atom. The van der Waals surface area contributed by atoms with Crippen LogP contribution in [-0.2, 0) is 11.3 Å². The Morgan fingerprint density at radius 1 is 1.46 bits per heavy atom. The molecule has 1 atom stereocenters. The topological polar surface area (TPSA) is 41.8 Å². The van der Waals surface area contributed by atoms with Gasteiger partial charge in [-0.3, -0.25) is 0 Å². The van der Waals surface area contributed by atoms with Crippen molar-refractivity contribution >= 4 is 6.21 Å². The highest BCUT2D eigenvalue weighted by Crippen LogP contribution is 2.01. The molecule has 0 bridgehead atoms. The Labute approximate surface area is 77.6 Å². The highest BCUT2D eigenvalue weighted by Gasteiger charge is 1.97. The van der Waals surface area contributed by atoms with E-state index in [0.717, 1.165) is 5.56 Å². The summed E-state index contributed by atoms with van der Waals surface area (Å²) in [5, 5.41) is 11.1. The molecule has 0 spiro atoms. The molecule has 1 N–H and O–H groups in total. The standard InChI is InChI=1S/C10H13NO2/c1-9(7-11-12)13-8-10-5-3-2-4-6-10/h2-7,9,12H,8H2,1H3/b11-7+/t9-/m1/s1. The predicted molar refractivity (Wildman–Crippen MR) is 51.0 cm³/mol. The van der Waals surface area contributed by atoms with Crippen molar-refractivity contribution < 1.29 is 9.94 Å². The number of nitrogens with zero attached hydrogens (tertiary/aromatic N) is 1. The van der Waals surface area contributed by atoms with Gasteiger partial charge in [0.25, 0.3) is 0 Å². The van der Waals surface area contributed by atoms with Crippen molar-refractivity contribution in [3.8, 4) is 0 Å². The van der Waals surface area contributed by atoms with Crippen molar-refractivity contribution in [3.05, 3.63) is 35.9 Å². The summed E-state index contributed by atoms with van der Waals surface area (Å²) in [5.41, 5.74) is 1.11. The Hall–Kier alpha value is -1.35. The van der Waals surface area contributed by atoms with Crippen LogP contribution in [0.1, 0.15) is 12.5 Å². The predicted octanol–water partition coefficient (Wildman–Crippen LogP) is 2.05. The molecule has 0 heterocycles. The van der Waals surface area contributed by atoms with Crippen LogP contribution < -0.4 is 0 Å². The maximum absolute atomic E-state index is 8.22. The Morgan fingerprint density at radius 3 is 2.77 bits per heavy atom. The van der Waals surface area contributed by atoms with E-state index in [1.54, 1.807) is 0 Å². The molecule has 0 amide bonds. The van der Waals surface area contributed by atoms with Gasteiger partial charge in [-0.1, -0.05) is 35.5 Å². The smallest absolute Gasteiger partial charge is 0.0935 e. The normalized spacial score (nSPS) is 13.3. The quantitative estimate of drug-likeness (QED) is 0.436. The lowest BCUT2D eigenvalue weighted by atomic mass is 10.2. The fourth-order valence-electron chi connectivity index (χ4n) is 0.939. The van der Waals surface area contributed by atoms with E-state index in [2.05, 4.69) is 5.16 Å². The van der Waals surface area contributed by atoms with Gasteiger partial charge in [0.1, 0.15) is 0 Å². The van der Waals surface area contributed by atoms with Gasteiger partial charge in [-0.2, -0.15) is 0 Å². The highest BCUT2D eigenvalue weighted by atomic mass is 16.5. The number of ether oxygens (including phenoxy) is 1. The van der Waals surface area contributed by atoms with Gasteiger partial charge in [0.15, 0.2) is 0 Å². The second kappa shape index (κ2) is 5.32. The number of oxime groups is 1. The molecule has 0 aliphatic rings. The maximum Gasteiger partial charge on any atom is 0.0935 e. The van der Waals surface area contributed by atoms with E-state index in [1.165, 1.54) is 6.21 Å². The van der Waals surface area contributed by atoms with E-state index in [0.29, 0.717) is 6.61 Å².